The second kappa shape index (κ2) is 5.27. The Morgan fingerprint density at radius 2 is 2.22 bits per heavy atom. The van der Waals surface area contributed by atoms with Gasteiger partial charge in [-0.2, -0.15) is 0 Å². The third kappa shape index (κ3) is 2.73. The Labute approximate surface area is 113 Å². The topological polar surface area (TPSA) is 53.7 Å². The Kier molecular flexibility index (Phi) is 3.72. The molecule has 0 aliphatic carbocycles. The molecule has 0 aliphatic heterocycles. The van der Waals surface area contributed by atoms with Crippen LogP contribution in [0.2, 0.25) is 0 Å². The van der Waals surface area contributed by atoms with Crippen LogP contribution in [0.25, 0.3) is 0 Å². The van der Waals surface area contributed by atoms with Crippen molar-refractivity contribution in [2.75, 3.05) is 11.9 Å². The molecule has 0 amide bonds. The zero-order chi connectivity index (χ0) is 13.1. The smallest absolute Gasteiger partial charge is 0.337 e. The molecule has 1 heterocycles. The molecule has 1 N–H and O–H groups in total. The molecule has 1 aromatic carbocycles. The van der Waals surface area contributed by atoms with Gasteiger partial charge in [-0.25, -0.2) is 4.79 Å². The van der Waals surface area contributed by atoms with Gasteiger partial charge in [-0.15, -0.1) is 0 Å². The molecular formula is C13H12BrNO3. The molecule has 0 spiro atoms. The molecule has 0 saturated heterocycles. The fraction of sp³-hybridized carbons (Fsp3) is 0.154. The van der Waals surface area contributed by atoms with Crippen LogP contribution in [-0.4, -0.2) is 18.1 Å². The second-order valence-corrected chi connectivity index (χ2v) is 4.82. The predicted molar refractivity (Wildman–Crippen MR) is 71.9 cm³/mol. The quantitative estimate of drug-likeness (QED) is 0.940. The number of rotatable bonds is 4. The highest BCUT2D eigenvalue weighted by Crippen LogP contribution is 2.25. The van der Waals surface area contributed by atoms with Crippen molar-refractivity contribution in [2.45, 2.75) is 6.54 Å². The van der Waals surface area contributed by atoms with Gasteiger partial charge in [0.2, 0.25) is 0 Å². The minimum Gasteiger partial charge on any atom is -0.478 e. The number of furan rings is 1. The lowest BCUT2D eigenvalue weighted by atomic mass is 10.1. The lowest BCUT2D eigenvalue weighted by Gasteiger charge is -2.20. The third-order valence-electron chi connectivity index (χ3n) is 2.57. The minimum absolute atomic E-state index is 0.271. The van der Waals surface area contributed by atoms with Crippen LogP contribution in [0.1, 0.15) is 16.1 Å². The number of carboxylic acids is 1. The Balaban J connectivity index is 2.31. The van der Waals surface area contributed by atoms with E-state index in [4.69, 9.17) is 9.52 Å². The van der Waals surface area contributed by atoms with Gasteiger partial charge in [-0.05, 0) is 30.3 Å². The number of halogens is 1. The van der Waals surface area contributed by atoms with Crippen LogP contribution in [0.4, 0.5) is 5.69 Å². The fourth-order valence-corrected chi connectivity index (χ4v) is 2.07. The van der Waals surface area contributed by atoms with Crippen LogP contribution in [0.5, 0.6) is 0 Å². The number of nitrogens with zero attached hydrogens (tertiary/aromatic N) is 1. The molecule has 0 unspecified atom stereocenters. The van der Waals surface area contributed by atoms with Crippen LogP contribution in [0, 0.1) is 0 Å². The first-order chi connectivity index (χ1) is 8.58. The average molecular weight is 310 g/mol. The Bertz CT molecular complexity index is 551. The summed E-state index contributed by atoms with van der Waals surface area (Å²) < 4.78 is 6.10. The van der Waals surface area contributed by atoms with Gasteiger partial charge >= 0.3 is 5.97 Å². The number of carbonyl (C=O) groups is 1. The summed E-state index contributed by atoms with van der Waals surface area (Å²) in [4.78, 5) is 13.0. The highest BCUT2D eigenvalue weighted by molar-refractivity contribution is 9.10. The number of benzene rings is 1. The average Bonchev–Trinajstić information content (AvgIpc) is 2.81. The van der Waals surface area contributed by atoms with Gasteiger partial charge in [0.25, 0.3) is 0 Å². The summed E-state index contributed by atoms with van der Waals surface area (Å²) in [7, 11) is 1.83. The molecule has 4 nitrogen and oxygen atoms in total. The van der Waals surface area contributed by atoms with E-state index in [1.165, 1.54) is 0 Å². The molecule has 0 saturated carbocycles. The Morgan fingerprint density at radius 1 is 1.44 bits per heavy atom. The van der Waals surface area contributed by atoms with E-state index in [9.17, 15) is 4.79 Å². The maximum atomic E-state index is 11.2. The number of aromatic carboxylic acids is 1. The van der Waals surface area contributed by atoms with Crippen LogP contribution >= 0.6 is 15.9 Å². The van der Waals surface area contributed by atoms with Crippen molar-refractivity contribution in [1.82, 2.24) is 0 Å². The molecule has 94 valence electrons. The van der Waals surface area contributed by atoms with E-state index in [0.717, 1.165) is 10.2 Å². The highest BCUT2D eigenvalue weighted by atomic mass is 79.9. The summed E-state index contributed by atoms with van der Waals surface area (Å²) in [6.45, 7) is 0.518. The Hall–Kier alpha value is -1.75. The summed E-state index contributed by atoms with van der Waals surface area (Å²) >= 11 is 3.35. The normalized spacial score (nSPS) is 10.3. The van der Waals surface area contributed by atoms with Crippen molar-refractivity contribution in [3.63, 3.8) is 0 Å². The zero-order valence-electron chi connectivity index (χ0n) is 9.76. The maximum absolute atomic E-state index is 11.2. The molecule has 0 aliphatic rings. The van der Waals surface area contributed by atoms with Crippen molar-refractivity contribution in [2.24, 2.45) is 0 Å². The van der Waals surface area contributed by atoms with Crippen LogP contribution in [-0.2, 0) is 6.54 Å². The molecule has 1 aromatic heterocycles. The van der Waals surface area contributed by atoms with E-state index in [0.29, 0.717) is 12.2 Å². The van der Waals surface area contributed by atoms with Gasteiger partial charge in [0.1, 0.15) is 5.76 Å². The predicted octanol–water partition coefficient (Wildman–Crippen LogP) is 3.38. The number of hydrogen-bond donors (Lipinski definition) is 1. The van der Waals surface area contributed by atoms with Crippen molar-refractivity contribution in [1.29, 1.82) is 0 Å². The van der Waals surface area contributed by atoms with Crippen molar-refractivity contribution in [3.8, 4) is 0 Å². The third-order valence-corrected chi connectivity index (χ3v) is 3.07. The number of anilines is 1. The van der Waals surface area contributed by atoms with Gasteiger partial charge < -0.3 is 14.4 Å². The van der Waals surface area contributed by atoms with Gasteiger partial charge in [-0.3, -0.25) is 0 Å². The Morgan fingerprint density at radius 3 is 2.83 bits per heavy atom. The standard InChI is InChI=1S/C13H12BrNO3/c1-15(8-10-3-2-6-18-10)12-7-9(14)4-5-11(12)13(16)17/h2-7H,8H2,1H3,(H,16,17). The monoisotopic (exact) mass is 309 g/mol. The van der Waals surface area contributed by atoms with Crippen LogP contribution < -0.4 is 4.90 Å². The lowest BCUT2D eigenvalue weighted by Crippen LogP contribution is -2.19. The number of carboxylic acid groups (broad SMARTS) is 1. The first kappa shape index (κ1) is 12.7. The van der Waals surface area contributed by atoms with E-state index < -0.39 is 5.97 Å². The van der Waals surface area contributed by atoms with Crippen molar-refractivity contribution >= 4 is 27.6 Å². The summed E-state index contributed by atoms with van der Waals surface area (Å²) in [6.07, 6.45) is 1.60. The van der Waals surface area contributed by atoms with Gasteiger partial charge in [-0.1, -0.05) is 15.9 Å². The molecular weight excluding hydrogens is 298 g/mol. The van der Waals surface area contributed by atoms with E-state index >= 15 is 0 Å². The van der Waals surface area contributed by atoms with Crippen molar-refractivity contribution < 1.29 is 14.3 Å². The molecule has 2 rings (SSSR count). The molecule has 18 heavy (non-hydrogen) atoms. The second-order valence-electron chi connectivity index (χ2n) is 3.90. The molecule has 0 bridgehead atoms. The van der Waals surface area contributed by atoms with E-state index in [2.05, 4.69) is 15.9 Å². The summed E-state index contributed by atoms with van der Waals surface area (Å²) in [5.41, 5.74) is 0.917. The fourth-order valence-electron chi connectivity index (χ4n) is 1.72. The summed E-state index contributed by atoms with van der Waals surface area (Å²) in [5, 5.41) is 9.17. The van der Waals surface area contributed by atoms with Gasteiger partial charge in [0.15, 0.2) is 0 Å². The van der Waals surface area contributed by atoms with Crippen LogP contribution in [0.3, 0.4) is 0 Å². The lowest BCUT2D eigenvalue weighted by molar-refractivity contribution is 0.0697. The van der Waals surface area contributed by atoms with Crippen LogP contribution in [0.15, 0.2) is 45.5 Å². The maximum Gasteiger partial charge on any atom is 0.337 e. The molecule has 0 radical (unpaired) electrons. The van der Waals surface area contributed by atoms with E-state index in [-0.39, 0.29) is 5.56 Å². The van der Waals surface area contributed by atoms with Crippen molar-refractivity contribution in [3.05, 3.63) is 52.4 Å². The number of hydrogen-bond acceptors (Lipinski definition) is 3. The highest BCUT2D eigenvalue weighted by Gasteiger charge is 2.14. The van der Waals surface area contributed by atoms with E-state index in [1.54, 1.807) is 24.5 Å². The van der Waals surface area contributed by atoms with Gasteiger partial charge in [0, 0.05) is 11.5 Å². The first-order valence-corrected chi connectivity index (χ1v) is 6.13. The van der Waals surface area contributed by atoms with E-state index in [1.807, 2.05) is 24.1 Å². The minimum atomic E-state index is -0.941. The largest absolute Gasteiger partial charge is 0.478 e. The molecule has 0 atom stereocenters. The summed E-state index contributed by atoms with van der Waals surface area (Å²) in [5.74, 6) is -0.155. The molecule has 5 heteroatoms. The zero-order valence-corrected chi connectivity index (χ0v) is 11.3. The molecule has 0 fully saturated rings. The van der Waals surface area contributed by atoms with Gasteiger partial charge in [0.05, 0.1) is 24.1 Å². The summed E-state index contributed by atoms with van der Waals surface area (Å²) in [6, 6.07) is 8.75. The SMILES string of the molecule is CN(Cc1ccco1)c1cc(Br)ccc1C(=O)O. The first-order valence-electron chi connectivity index (χ1n) is 5.34. The molecule has 2 aromatic rings.